The van der Waals surface area contributed by atoms with Crippen LogP contribution in [0.15, 0.2) is 18.2 Å². The third-order valence-corrected chi connectivity index (χ3v) is 3.18. The number of halogens is 2. The van der Waals surface area contributed by atoms with Crippen LogP contribution in [0, 0.1) is 11.7 Å². The van der Waals surface area contributed by atoms with Gasteiger partial charge in [-0.1, -0.05) is 31.5 Å². The van der Waals surface area contributed by atoms with Gasteiger partial charge in [0.1, 0.15) is 5.82 Å². The second-order valence-electron chi connectivity index (χ2n) is 4.75. The summed E-state index contributed by atoms with van der Waals surface area (Å²) in [6, 6.07) is 5.58. The molecule has 17 heavy (non-hydrogen) atoms. The van der Waals surface area contributed by atoms with Crippen molar-refractivity contribution in [2.24, 2.45) is 5.92 Å². The maximum Gasteiger partial charge on any atom is 0.142 e. The van der Waals surface area contributed by atoms with Gasteiger partial charge in [0.25, 0.3) is 0 Å². The van der Waals surface area contributed by atoms with Crippen LogP contribution in [0.4, 0.5) is 4.39 Å². The van der Waals surface area contributed by atoms with Crippen LogP contribution in [0.3, 0.4) is 0 Å². The predicted molar refractivity (Wildman–Crippen MR) is 72.0 cm³/mol. The number of benzene rings is 1. The molecule has 0 aliphatic rings. The smallest absolute Gasteiger partial charge is 0.142 e. The van der Waals surface area contributed by atoms with Gasteiger partial charge in [0.05, 0.1) is 5.02 Å². The Balaban J connectivity index is 2.50. The molecule has 0 aliphatic heterocycles. The van der Waals surface area contributed by atoms with Crippen LogP contribution in [0.2, 0.25) is 5.02 Å². The van der Waals surface area contributed by atoms with Crippen molar-refractivity contribution >= 4 is 11.6 Å². The molecule has 1 rings (SSSR count). The minimum Gasteiger partial charge on any atom is -0.315 e. The van der Waals surface area contributed by atoms with Gasteiger partial charge in [-0.3, -0.25) is 0 Å². The minimum absolute atomic E-state index is 0.197. The third kappa shape index (κ3) is 5.05. The Morgan fingerprint density at radius 3 is 2.65 bits per heavy atom. The van der Waals surface area contributed by atoms with Crippen molar-refractivity contribution in [3.8, 4) is 0 Å². The summed E-state index contributed by atoms with van der Waals surface area (Å²) in [7, 11) is 0. The second-order valence-corrected chi connectivity index (χ2v) is 5.16. The lowest BCUT2D eigenvalue weighted by Crippen LogP contribution is -2.27. The molecule has 0 bridgehead atoms. The van der Waals surface area contributed by atoms with E-state index in [1.165, 1.54) is 6.07 Å². The Hall–Kier alpha value is -0.600. The van der Waals surface area contributed by atoms with E-state index in [1.54, 1.807) is 6.07 Å². The summed E-state index contributed by atoms with van der Waals surface area (Å²) < 4.78 is 13.3. The fourth-order valence-electron chi connectivity index (χ4n) is 2.19. The monoisotopic (exact) mass is 257 g/mol. The minimum atomic E-state index is -0.323. The fourth-order valence-corrected chi connectivity index (χ4v) is 2.31. The van der Waals surface area contributed by atoms with Gasteiger partial charge in [-0.05, 0) is 49.9 Å². The van der Waals surface area contributed by atoms with Gasteiger partial charge in [-0.25, -0.2) is 4.39 Å². The summed E-state index contributed by atoms with van der Waals surface area (Å²) in [5.41, 5.74) is 1.02. The average Bonchev–Trinajstić information content (AvgIpc) is 2.23. The maximum atomic E-state index is 13.3. The van der Waals surface area contributed by atoms with E-state index in [4.69, 9.17) is 11.6 Å². The zero-order valence-corrected chi connectivity index (χ0v) is 11.5. The Morgan fingerprint density at radius 1 is 1.35 bits per heavy atom. The molecule has 1 aromatic rings. The summed E-state index contributed by atoms with van der Waals surface area (Å²) in [6.07, 6.45) is 1.99. The molecule has 96 valence electrons. The van der Waals surface area contributed by atoms with Crippen LogP contribution in [-0.4, -0.2) is 12.6 Å². The zero-order valence-electron chi connectivity index (χ0n) is 10.8. The number of hydrogen-bond donors (Lipinski definition) is 1. The molecule has 0 heterocycles. The molecule has 0 saturated carbocycles. The highest BCUT2D eigenvalue weighted by atomic mass is 35.5. The van der Waals surface area contributed by atoms with E-state index in [2.05, 4.69) is 26.1 Å². The summed E-state index contributed by atoms with van der Waals surface area (Å²) in [5.74, 6) is 0.209. The third-order valence-electron chi connectivity index (χ3n) is 2.88. The molecule has 2 atom stereocenters. The normalized spacial score (nSPS) is 14.6. The molecule has 0 spiro atoms. The first-order valence-electron chi connectivity index (χ1n) is 6.20. The Labute approximate surface area is 108 Å². The highest BCUT2D eigenvalue weighted by Gasteiger charge is 2.10. The van der Waals surface area contributed by atoms with Crippen LogP contribution in [0.25, 0.3) is 0 Å². The van der Waals surface area contributed by atoms with E-state index in [1.807, 2.05) is 6.07 Å². The molecule has 2 unspecified atom stereocenters. The van der Waals surface area contributed by atoms with E-state index in [-0.39, 0.29) is 10.8 Å². The predicted octanol–water partition coefficient (Wildman–Crippen LogP) is 4.05. The molecule has 1 N–H and O–H groups in total. The molecule has 0 aromatic heterocycles. The first-order valence-corrected chi connectivity index (χ1v) is 6.58. The van der Waals surface area contributed by atoms with E-state index >= 15 is 0 Å². The summed E-state index contributed by atoms with van der Waals surface area (Å²) in [5, 5.41) is 3.58. The van der Waals surface area contributed by atoms with Crippen molar-refractivity contribution in [3.63, 3.8) is 0 Å². The van der Waals surface area contributed by atoms with Gasteiger partial charge in [0.2, 0.25) is 0 Å². The summed E-state index contributed by atoms with van der Waals surface area (Å²) in [4.78, 5) is 0. The molecule has 1 nitrogen and oxygen atoms in total. The van der Waals surface area contributed by atoms with Crippen molar-refractivity contribution in [1.82, 2.24) is 5.32 Å². The van der Waals surface area contributed by atoms with E-state index in [0.29, 0.717) is 12.0 Å². The molecule has 0 radical (unpaired) electrons. The molecular formula is C14H21ClFN. The van der Waals surface area contributed by atoms with Gasteiger partial charge >= 0.3 is 0 Å². The molecule has 0 saturated heterocycles. The molecule has 1 aromatic carbocycles. The summed E-state index contributed by atoms with van der Waals surface area (Å²) >= 11 is 5.66. The Morgan fingerprint density at radius 2 is 2.06 bits per heavy atom. The number of nitrogens with one attached hydrogen (secondary N) is 1. The van der Waals surface area contributed by atoms with Gasteiger partial charge in [0, 0.05) is 6.04 Å². The number of hydrogen-bond acceptors (Lipinski definition) is 1. The highest BCUT2D eigenvalue weighted by molar-refractivity contribution is 6.30. The average molecular weight is 258 g/mol. The van der Waals surface area contributed by atoms with Gasteiger partial charge in [0.15, 0.2) is 0 Å². The lowest BCUT2D eigenvalue weighted by atomic mass is 9.95. The lowest BCUT2D eigenvalue weighted by molar-refractivity contribution is 0.426. The number of rotatable bonds is 6. The van der Waals surface area contributed by atoms with Crippen molar-refractivity contribution in [1.29, 1.82) is 0 Å². The Kier molecular flexibility index (Phi) is 5.93. The van der Waals surface area contributed by atoms with Gasteiger partial charge < -0.3 is 5.32 Å². The van der Waals surface area contributed by atoms with Gasteiger partial charge in [-0.2, -0.15) is 0 Å². The first kappa shape index (κ1) is 14.5. The quantitative estimate of drug-likeness (QED) is 0.811. The molecule has 0 fully saturated rings. The SMILES string of the molecule is CCNC(C)CC(C)Cc1ccc(Cl)c(F)c1. The fraction of sp³-hybridized carbons (Fsp3) is 0.571. The van der Waals surface area contributed by atoms with Crippen LogP contribution in [0.1, 0.15) is 32.8 Å². The highest BCUT2D eigenvalue weighted by Crippen LogP contribution is 2.19. The molecular weight excluding hydrogens is 237 g/mol. The zero-order chi connectivity index (χ0) is 12.8. The van der Waals surface area contributed by atoms with Crippen LogP contribution < -0.4 is 5.32 Å². The van der Waals surface area contributed by atoms with Crippen molar-refractivity contribution in [2.75, 3.05) is 6.54 Å². The molecule has 3 heteroatoms. The van der Waals surface area contributed by atoms with Crippen LogP contribution in [0.5, 0.6) is 0 Å². The van der Waals surface area contributed by atoms with E-state index in [9.17, 15) is 4.39 Å². The summed E-state index contributed by atoms with van der Waals surface area (Å²) in [6.45, 7) is 7.47. The van der Waals surface area contributed by atoms with Crippen molar-refractivity contribution < 1.29 is 4.39 Å². The maximum absolute atomic E-state index is 13.3. The largest absolute Gasteiger partial charge is 0.315 e. The topological polar surface area (TPSA) is 12.0 Å². The second kappa shape index (κ2) is 6.97. The Bertz CT molecular complexity index is 354. The van der Waals surface area contributed by atoms with Crippen molar-refractivity contribution in [3.05, 3.63) is 34.6 Å². The molecule has 0 amide bonds. The molecule has 0 aliphatic carbocycles. The van der Waals surface area contributed by atoms with Crippen LogP contribution >= 0.6 is 11.6 Å². The van der Waals surface area contributed by atoms with E-state index in [0.717, 1.165) is 24.9 Å². The van der Waals surface area contributed by atoms with Crippen molar-refractivity contribution in [2.45, 2.75) is 39.7 Å². The van der Waals surface area contributed by atoms with Gasteiger partial charge in [-0.15, -0.1) is 0 Å². The van der Waals surface area contributed by atoms with Crippen LogP contribution in [-0.2, 0) is 6.42 Å². The lowest BCUT2D eigenvalue weighted by Gasteiger charge is -2.18. The standard InChI is InChI=1S/C14H21ClFN/c1-4-17-11(3)7-10(2)8-12-5-6-13(15)14(16)9-12/h5-6,9-11,17H,4,7-8H2,1-3H3. The van der Waals surface area contributed by atoms with E-state index < -0.39 is 0 Å². The first-order chi connectivity index (χ1) is 8.02.